The van der Waals surface area contributed by atoms with Crippen LogP contribution in [0.2, 0.25) is 0 Å². The zero-order valence-corrected chi connectivity index (χ0v) is 15.4. The minimum absolute atomic E-state index is 0.223. The van der Waals surface area contributed by atoms with E-state index in [1.807, 2.05) is 91.0 Å². The van der Waals surface area contributed by atoms with Crippen molar-refractivity contribution in [1.82, 2.24) is 5.48 Å². The molecular formula is C24H23NO2. The molecule has 3 rings (SSSR count). The van der Waals surface area contributed by atoms with Crippen LogP contribution in [-0.4, -0.2) is 13.0 Å². The molecule has 0 saturated heterocycles. The summed E-state index contributed by atoms with van der Waals surface area (Å²) in [5, 5.41) is 0. The normalized spacial score (nSPS) is 11.0. The van der Waals surface area contributed by atoms with Gasteiger partial charge in [-0.05, 0) is 28.7 Å². The Kier molecular flexibility index (Phi) is 5.84. The quantitative estimate of drug-likeness (QED) is 0.620. The highest BCUT2D eigenvalue weighted by molar-refractivity contribution is 5.93. The zero-order chi connectivity index (χ0) is 19.1. The van der Waals surface area contributed by atoms with Gasteiger partial charge in [0.25, 0.3) is 5.91 Å². The monoisotopic (exact) mass is 357 g/mol. The van der Waals surface area contributed by atoms with Crippen LogP contribution >= 0.6 is 0 Å². The number of hydroxylamine groups is 1. The van der Waals surface area contributed by atoms with Gasteiger partial charge in [0.2, 0.25) is 0 Å². The van der Waals surface area contributed by atoms with Crippen molar-refractivity contribution in [2.24, 2.45) is 0 Å². The highest BCUT2D eigenvalue weighted by Crippen LogP contribution is 2.40. The van der Waals surface area contributed by atoms with E-state index in [-0.39, 0.29) is 5.91 Å². The highest BCUT2D eigenvalue weighted by atomic mass is 16.6. The van der Waals surface area contributed by atoms with Crippen LogP contribution in [-0.2, 0) is 15.0 Å². The third-order valence-electron chi connectivity index (χ3n) is 4.78. The Labute approximate surface area is 160 Å². The van der Waals surface area contributed by atoms with Crippen LogP contribution in [0.3, 0.4) is 0 Å². The lowest BCUT2D eigenvalue weighted by molar-refractivity contribution is -0.135. The number of allylic oxidation sites excluding steroid dienone is 1. The first-order valence-electron chi connectivity index (χ1n) is 8.86. The third-order valence-corrected chi connectivity index (χ3v) is 4.78. The Hall–Kier alpha value is -3.17. The predicted molar refractivity (Wildman–Crippen MR) is 109 cm³/mol. The third kappa shape index (κ3) is 3.83. The zero-order valence-electron chi connectivity index (χ0n) is 15.4. The lowest BCUT2D eigenvalue weighted by atomic mass is 9.69. The van der Waals surface area contributed by atoms with Crippen molar-refractivity contribution >= 4 is 11.5 Å². The topological polar surface area (TPSA) is 38.3 Å². The summed E-state index contributed by atoms with van der Waals surface area (Å²) in [4.78, 5) is 18.4. The number of amides is 1. The second-order valence-corrected chi connectivity index (χ2v) is 6.42. The lowest BCUT2D eigenvalue weighted by Gasteiger charge is -2.34. The summed E-state index contributed by atoms with van der Waals surface area (Å²) in [6.45, 7) is 4.28. The summed E-state index contributed by atoms with van der Waals surface area (Å²) in [5.41, 5.74) is 5.29. The van der Waals surface area contributed by atoms with Crippen molar-refractivity contribution < 1.29 is 9.63 Å². The fourth-order valence-electron chi connectivity index (χ4n) is 3.43. The predicted octanol–water partition coefficient (Wildman–Crippen LogP) is 4.75. The molecule has 0 aliphatic heterocycles. The van der Waals surface area contributed by atoms with Crippen molar-refractivity contribution in [2.45, 2.75) is 11.8 Å². The molecule has 3 heteroatoms. The van der Waals surface area contributed by atoms with Gasteiger partial charge in [0.05, 0.1) is 7.11 Å². The largest absolute Gasteiger partial charge is 0.277 e. The molecule has 0 fully saturated rings. The molecule has 0 aromatic heterocycles. The van der Waals surface area contributed by atoms with E-state index in [4.69, 9.17) is 4.84 Å². The molecule has 0 radical (unpaired) electrons. The van der Waals surface area contributed by atoms with Crippen LogP contribution in [0.5, 0.6) is 0 Å². The van der Waals surface area contributed by atoms with E-state index in [0.29, 0.717) is 6.42 Å². The molecule has 0 unspecified atom stereocenters. The molecule has 0 heterocycles. The SMILES string of the molecule is C=C(CC(C(=O)NOC)(c1ccccc1)c1ccccc1)c1ccccc1. The van der Waals surface area contributed by atoms with E-state index >= 15 is 0 Å². The molecule has 1 amide bonds. The first-order valence-corrected chi connectivity index (χ1v) is 8.86. The van der Waals surface area contributed by atoms with E-state index in [2.05, 4.69) is 12.1 Å². The number of rotatable bonds is 7. The lowest BCUT2D eigenvalue weighted by Crippen LogP contribution is -2.45. The molecule has 0 aliphatic carbocycles. The van der Waals surface area contributed by atoms with E-state index in [1.54, 1.807) is 0 Å². The van der Waals surface area contributed by atoms with Gasteiger partial charge in [-0.2, -0.15) is 0 Å². The molecule has 0 bridgehead atoms. The van der Waals surface area contributed by atoms with Crippen LogP contribution in [0.25, 0.3) is 5.57 Å². The molecule has 0 saturated carbocycles. The maximum absolute atomic E-state index is 13.4. The molecule has 136 valence electrons. The van der Waals surface area contributed by atoms with Crippen molar-refractivity contribution in [3.63, 3.8) is 0 Å². The van der Waals surface area contributed by atoms with Crippen molar-refractivity contribution in [1.29, 1.82) is 0 Å². The van der Waals surface area contributed by atoms with E-state index in [9.17, 15) is 4.79 Å². The molecule has 0 aliphatic rings. The summed E-state index contributed by atoms with van der Waals surface area (Å²) in [6, 6.07) is 29.5. The maximum Gasteiger partial charge on any atom is 0.258 e. The number of carbonyl (C=O) groups excluding carboxylic acids is 1. The molecule has 0 spiro atoms. The van der Waals surface area contributed by atoms with Gasteiger partial charge < -0.3 is 0 Å². The van der Waals surface area contributed by atoms with Crippen molar-refractivity contribution in [3.8, 4) is 0 Å². The molecular weight excluding hydrogens is 334 g/mol. The van der Waals surface area contributed by atoms with Gasteiger partial charge in [-0.3, -0.25) is 9.63 Å². The van der Waals surface area contributed by atoms with Crippen LogP contribution in [0.1, 0.15) is 23.1 Å². The summed E-state index contributed by atoms with van der Waals surface area (Å²) < 4.78 is 0. The standard InChI is InChI=1S/C24H23NO2/c1-19(20-12-6-3-7-13-20)18-24(23(26)25-27-2,21-14-8-4-9-15-21)22-16-10-5-11-17-22/h3-17H,1,18H2,2H3,(H,25,26). The fraction of sp³-hybridized carbons (Fsp3) is 0.125. The number of carbonyl (C=O) groups is 1. The number of hydrogen-bond donors (Lipinski definition) is 1. The summed E-state index contributed by atoms with van der Waals surface area (Å²) in [6.07, 6.45) is 0.431. The van der Waals surface area contributed by atoms with Gasteiger partial charge in [0.1, 0.15) is 5.41 Å². The van der Waals surface area contributed by atoms with Gasteiger partial charge in [-0.25, -0.2) is 5.48 Å². The van der Waals surface area contributed by atoms with Crippen molar-refractivity contribution in [3.05, 3.63) is 114 Å². The van der Waals surface area contributed by atoms with Crippen LogP contribution in [0.15, 0.2) is 97.6 Å². The van der Waals surface area contributed by atoms with E-state index < -0.39 is 5.41 Å². The number of hydrogen-bond acceptors (Lipinski definition) is 2. The van der Waals surface area contributed by atoms with Gasteiger partial charge >= 0.3 is 0 Å². The van der Waals surface area contributed by atoms with Gasteiger partial charge in [0, 0.05) is 0 Å². The number of nitrogens with one attached hydrogen (secondary N) is 1. The minimum atomic E-state index is -0.953. The molecule has 1 N–H and O–H groups in total. The fourth-order valence-corrected chi connectivity index (χ4v) is 3.43. The molecule has 3 aromatic carbocycles. The van der Waals surface area contributed by atoms with E-state index in [1.165, 1.54) is 7.11 Å². The second kappa shape index (κ2) is 8.47. The first-order chi connectivity index (χ1) is 13.2. The number of benzene rings is 3. The average Bonchev–Trinajstić information content (AvgIpc) is 2.74. The van der Waals surface area contributed by atoms with Gasteiger partial charge in [0.15, 0.2) is 0 Å². The molecule has 27 heavy (non-hydrogen) atoms. The Balaban J connectivity index is 2.17. The Morgan fingerprint density at radius 1 is 0.852 bits per heavy atom. The van der Waals surface area contributed by atoms with Crippen LogP contribution in [0.4, 0.5) is 0 Å². The summed E-state index contributed by atoms with van der Waals surface area (Å²) in [7, 11) is 1.45. The molecule has 3 aromatic rings. The first kappa shape index (κ1) is 18.6. The smallest absolute Gasteiger partial charge is 0.258 e. The Bertz CT molecular complexity index is 850. The average molecular weight is 357 g/mol. The molecule has 0 atom stereocenters. The van der Waals surface area contributed by atoms with E-state index in [0.717, 1.165) is 22.3 Å². The molecule has 3 nitrogen and oxygen atoms in total. The van der Waals surface area contributed by atoms with Crippen LogP contribution in [0, 0.1) is 0 Å². The highest BCUT2D eigenvalue weighted by Gasteiger charge is 2.42. The summed E-state index contributed by atoms with van der Waals surface area (Å²) >= 11 is 0. The van der Waals surface area contributed by atoms with Crippen LogP contribution < -0.4 is 5.48 Å². The maximum atomic E-state index is 13.4. The Morgan fingerprint density at radius 3 is 1.74 bits per heavy atom. The summed E-state index contributed by atoms with van der Waals surface area (Å²) in [5.74, 6) is -0.223. The van der Waals surface area contributed by atoms with Gasteiger partial charge in [-0.1, -0.05) is 97.6 Å². The van der Waals surface area contributed by atoms with Gasteiger partial charge in [-0.15, -0.1) is 0 Å². The Morgan fingerprint density at radius 2 is 1.30 bits per heavy atom. The van der Waals surface area contributed by atoms with Crippen molar-refractivity contribution in [2.75, 3.05) is 7.11 Å². The minimum Gasteiger partial charge on any atom is -0.277 e. The second-order valence-electron chi connectivity index (χ2n) is 6.42.